The number of nitrogens with one attached hydrogen (secondary N) is 1. The molecule has 0 fully saturated rings. The van der Waals surface area contributed by atoms with Gasteiger partial charge in [-0.25, -0.2) is 4.79 Å². The molecule has 7 nitrogen and oxygen atoms in total. The van der Waals surface area contributed by atoms with Crippen molar-refractivity contribution in [3.05, 3.63) is 41.7 Å². The van der Waals surface area contributed by atoms with Crippen LogP contribution in [0.2, 0.25) is 0 Å². The first-order chi connectivity index (χ1) is 11.3. The van der Waals surface area contributed by atoms with E-state index in [0.29, 0.717) is 5.56 Å². The highest BCUT2D eigenvalue weighted by Crippen LogP contribution is 2.28. The van der Waals surface area contributed by atoms with Crippen LogP contribution in [0.4, 0.5) is 14.5 Å². The van der Waals surface area contributed by atoms with E-state index >= 15 is 0 Å². The number of anilines is 1. The van der Waals surface area contributed by atoms with Crippen molar-refractivity contribution >= 4 is 17.6 Å². The maximum absolute atomic E-state index is 12.5. The molecule has 2 aromatic rings. The van der Waals surface area contributed by atoms with Gasteiger partial charge in [-0.05, 0) is 37.6 Å². The molecule has 2 rings (SSSR count). The zero-order chi connectivity index (χ0) is 17.9. The average molecular weight is 339 g/mol. The molecular formula is C15H15F2N3O4. The maximum Gasteiger partial charge on any atom is 0.387 e. The molecule has 0 saturated heterocycles. The van der Waals surface area contributed by atoms with Gasteiger partial charge in [-0.3, -0.25) is 9.48 Å². The van der Waals surface area contributed by atoms with E-state index in [-0.39, 0.29) is 17.1 Å². The highest BCUT2D eigenvalue weighted by atomic mass is 19.3. The number of ether oxygens (including phenoxy) is 1. The van der Waals surface area contributed by atoms with E-state index in [1.165, 1.54) is 36.0 Å². The van der Waals surface area contributed by atoms with E-state index in [1.807, 2.05) is 0 Å². The lowest BCUT2D eigenvalue weighted by Gasteiger charge is -2.16. The predicted molar refractivity (Wildman–Crippen MR) is 80.3 cm³/mol. The van der Waals surface area contributed by atoms with Gasteiger partial charge >= 0.3 is 12.6 Å². The summed E-state index contributed by atoms with van der Waals surface area (Å²) >= 11 is 0. The number of aryl methyl sites for hydroxylation is 1. The molecule has 0 aliphatic heterocycles. The molecule has 1 heterocycles. The average Bonchev–Trinajstić information content (AvgIpc) is 2.98. The summed E-state index contributed by atoms with van der Waals surface area (Å²) in [6, 6.07) is 4.86. The third-order valence-electron chi connectivity index (χ3n) is 3.21. The summed E-state index contributed by atoms with van der Waals surface area (Å²) in [5, 5.41) is 15.1. The maximum atomic E-state index is 12.5. The molecule has 0 radical (unpaired) electrons. The smallest absolute Gasteiger partial charge is 0.387 e. The number of rotatable bonds is 6. The topological polar surface area (TPSA) is 93.5 Å². The first-order valence-electron chi connectivity index (χ1n) is 6.92. The first kappa shape index (κ1) is 17.4. The second-order valence-electron chi connectivity index (χ2n) is 5.03. The van der Waals surface area contributed by atoms with Gasteiger partial charge in [-0.15, -0.1) is 0 Å². The molecule has 0 aliphatic rings. The molecule has 1 unspecified atom stereocenters. The Morgan fingerprint density at radius 2 is 2.04 bits per heavy atom. The van der Waals surface area contributed by atoms with E-state index in [0.717, 1.165) is 0 Å². The predicted octanol–water partition coefficient (Wildman–Crippen LogP) is 2.69. The number of aromatic carboxylic acids is 1. The number of carboxylic acids is 1. The Bertz CT molecular complexity index is 761. The number of carbonyl (C=O) groups excluding carboxylic acids is 1. The fraction of sp³-hybridized carbons (Fsp3) is 0.267. The number of benzene rings is 1. The second kappa shape index (κ2) is 7.07. The molecule has 1 amide bonds. The number of hydrogen-bond donors (Lipinski definition) is 2. The fourth-order valence-corrected chi connectivity index (χ4v) is 1.95. The second-order valence-corrected chi connectivity index (χ2v) is 5.03. The van der Waals surface area contributed by atoms with Gasteiger partial charge in [0, 0.05) is 6.20 Å². The lowest BCUT2D eigenvalue weighted by Crippen LogP contribution is -2.24. The third kappa shape index (κ3) is 4.06. The van der Waals surface area contributed by atoms with Gasteiger partial charge in [0.15, 0.2) is 5.69 Å². The lowest BCUT2D eigenvalue weighted by molar-refractivity contribution is -0.119. The number of hydrogen-bond acceptors (Lipinski definition) is 4. The van der Waals surface area contributed by atoms with Crippen LogP contribution in [0, 0.1) is 6.92 Å². The van der Waals surface area contributed by atoms with Crippen molar-refractivity contribution in [2.24, 2.45) is 0 Å². The summed E-state index contributed by atoms with van der Waals surface area (Å²) in [6.45, 7) is 0.170. The molecule has 2 N–H and O–H groups in total. The molecule has 1 aromatic carbocycles. The molecule has 1 aromatic heterocycles. The normalized spacial score (nSPS) is 12.0. The summed E-state index contributed by atoms with van der Waals surface area (Å²) in [4.78, 5) is 23.1. The summed E-state index contributed by atoms with van der Waals surface area (Å²) in [5.41, 5.74) is 0.574. The van der Waals surface area contributed by atoms with Crippen LogP contribution in [0.5, 0.6) is 5.75 Å². The fourth-order valence-electron chi connectivity index (χ4n) is 1.95. The number of aromatic nitrogens is 2. The zero-order valence-corrected chi connectivity index (χ0v) is 12.9. The SMILES string of the molecule is Cc1ccc(NC(=O)C(C)n2ccc(C(=O)O)n2)c(OC(F)F)c1. The Morgan fingerprint density at radius 1 is 1.33 bits per heavy atom. The number of alkyl halides is 2. The Morgan fingerprint density at radius 3 is 2.62 bits per heavy atom. The van der Waals surface area contributed by atoms with Crippen molar-refractivity contribution in [2.45, 2.75) is 26.5 Å². The van der Waals surface area contributed by atoms with Crippen molar-refractivity contribution in [2.75, 3.05) is 5.32 Å². The molecule has 0 spiro atoms. The van der Waals surface area contributed by atoms with Crippen LogP contribution in [0.15, 0.2) is 30.5 Å². The van der Waals surface area contributed by atoms with Crippen LogP contribution in [-0.2, 0) is 4.79 Å². The van der Waals surface area contributed by atoms with Gasteiger partial charge in [0.25, 0.3) is 0 Å². The van der Waals surface area contributed by atoms with Crippen LogP contribution in [0.3, 0.4) is 0 Å². The first-order valence-corrected chi connectivity index (χ1v) is 6.92. The number of halogens is 2. The summed E-state index contributed by atoms with van der Waals surface area (Å²) in [6.07, 6.45) is 1.35. The Labute approximate surface area is 135 Å². The van der Waals surface area contributed by atoms with E-state index in [1.54, 1.807) is 13.0 Å². The standard InChI is InChI=1S/C15H15F2N3O4/c1-8-3-4-10(12(7-8)24-15(16)17)18-13(21)9(2)20-6-5-11(19-20)14(22)23/h3-7,9,15H,1-2H3,(H,18,21)(H,22,23). The lowest BCUT2D eigenvalue weighted by atomic mass is 10.2. The Kier molecular flexibility index (Phi) is 5.12. The van der Waals surface area contributed by atoms with Gasteiger partial charge in [0.1, 0.15) is 11.8 Å². The summed E-state index contributed by atoms with van der Waals surface area (Å²) in [5.74, 6) is -1.93. The quantitative estimate of drug-likeness (QED) is 0.844. The number of carboxylic acid groups (broad SMARTS) is 1. The largest absolute Gasteiger partial charge is 0.476 e. The number of nitrogens with zero attached hydrogens (tertiary/aromatic N) is 2. The minimum absolute atomic E-state index is 0.0864. The van der Waals surface area contributed by atoms with Crippen molar-refractivity contribution in [1.82, 2.24) is 9.78 Å². The van der Waals surface area contributed by atoms with Gasteiger partial charge in [-0.1, -0.05) is 6.07 Å². The molecule has 9 heteroatoms. The van der Waals surface area contributed by atoms with Crippen LogP contribution >= 0.6 is 0 Å². The number of amides is 1. The van der Waals surface area contributed by atoms with Crippen molar-refractivity contribution in [3.8, 4) is 5.75 Å². The van der Waals surface area contributed by atoms with E-state index in [2.05, 4.69) is 15.2 Å². The minimum Gasteiger partial charge on any atom is -0.476 e. The van der Waals surface area contributed by atoms with Crippen LogP contribution in [0.25, 0.3) is 0 Å². The van der Waals surface area contributed by atoms with Crippen molar-refractivity contribution in [1.29, 1.82) is 0 Å². The van der Waals surface area contributed by atoms with Gasteiger partial charge in [0.05, 0.1) is 5.69 Å². The minimum atomic E-state index is -3.02. The van der Waals surface area contributed by atoms with Crippen LogP contribution < -0.4 is 10.1 Å². The van der Waals surface area contributed by atoms with Crippen molar-refractivity contribution < 1.29 is 28.2 Å². The summed E-state index contributed by atoms with van der Waals surface area (Å²) in [7, 11) is 0. The van der Waals surface area contributed by atoms with Crippen LogP contribution in [-0.4, -0.2) is 33.4 Å². The Hall–Kier alpha value is -2.97. The highest BCUT2D eigenvalue weighted by Gasteiger charge is 2.20. The van der Waals surface area contributed by atoms with Crippen LogP contribution in [0.1, 0.15) is 29.0 Å². The van der Waals surface area contributed by atoms with Crippen molar-refractivity contribution in [3.63, 3.8) is 0 Å². The molecule has 0 aliphatic carbocycles. The molecule has 128 valence electrons. The highest BCUT2D eigenvalue weighted by molar-refractivity contribution is 5.95. The van der Waals surface area contributed by atoms with Gasteiger partial charge in [-0.2, -0.15) is 13.9 Å². The van der Waals surface area contributed by atoms with Gasteiger partial charge < -0.3 is 15.2 Å². The third-order valence-corrected chi connectivity index (χ3v) is 3.21. The van der Waals surface area contributed by atoms with E-state index in [9.17, 15) is 18.4 Å². The number of carbonyl (C=O) groups is 2. The molecule has 1 atom stereocenters. The zero-order valence-electron chi connectivity index (χ0n) is 12.9. The molecular weight excluding hydrogens is 324 g/mol. The van der Waals surface area contributed by atoms with E-state index in [4.69, 9.17) is 5.11 Å². The van der Waals surface area contributed by atoms with Gasteiger partial charge in [0.2, 0.25) is 5.91 Å². The van der Waals surface area contributed by atoms with E-state index < -0.39 is 24.5 Å². The molecule has 24 heavy (non-hydrogen) atoms. The summed E-state index contributed by atoms with van der Waals surface area (Å²) < 4.78 is 30.5. The molecule has 0 bridgehead atoms. The monoisotopic (exact) mass is 339 g/mol. The Balaban J connectivity index is 2.17. The molecule has 0 saturated carbocycles.